The number of amides is 1. The van der Waals surface area contributed by atoms with E-state index in [1.54, 1.807) is 41.4 Å². The molecule has 2 aromatic heterocycles. The third-order valence-corrected chi connectivity index (χ3v) is 4.69. The largest absolute Gasteiger partial charge is 0.387 e. The van der Waals surface area contributed by atoms with Crippen molar-refractivity contribution >= 4 is 5.91 Å². The van der Waals surface area contributed by atoms with E-state index >= 15 is 0 Å². The molecule has 3 rings (SSSR count). The minimum absolute atomic E-state index is 0.0683. The van der Waals surface area contributed by atoms with Crippen LogP contribution in [0.3, 0.4) is 0 Å². The molecule has 0 spiro atoms. The van der Waals surface area contributed by atoms with E-state index in [0.29, 0.717) is 31.6 Å². The number of rotatable bonds is 6. The van der Waals surface area contributed by atoms with E-state index in [-0.39, 0.29) is 5.91 Å². The molecule has 1 N–H and O–H groups in total. The van der Waals surface area contributed by atoms with E-state index in [2.05, 4.69) is 21.9 Å². The highest BCUT2D eigenvalue weighted by molar-refractivity contribution is 5.94. The molecule has 1 atom stereocenters. The van der Waals surface area contributed by atoms with Crippen LogP contribution in [0.4, 0.5) is 0 Å². The maximum Gasteiger partial charge on any atom is 0.257 e. The van der Waals surface area contributed by atoms with Crippen LogP contribution in [0.2, 0.25) is 0 Å². The number of likely N-dealkylation sites (tertiary alicyclic amines) is 1. The molecule has 1 aliphatic heterocycles. The Hall–Kier alpha value is -2.25. The average molecular weight is 343 g/mol. The molecule has 1 saturated heterocycles. The summed E-state index contributed by atoms with van der Waals surface area (Å²) in [6.07, 6.45) is 7.43. The Morgan fingerprint density at radius 2 is 2.16 bits per heavy atom. The van der Waals surface area contributed by atoms with Crippen LogP contribution >= 0.6 is 0 Å². The van der Waals surface area contributed by atoms with Gasteiger partial charge in [0, 0.05) is 45.3 Å². The molecular formula is C18H25N5O2. The molecule has 0 aromatic carbocycles. The van der Waals surface area contributed by atoms with E-state index in [0.717, 1.165) is 13.1 Å². The number of likely N-dealkylation sites (N-methyl/N-ethyl adjacent to an activating group) is 1. The van der Waals surface area contributed by atoms with Crippen molar-refractivity contribution in [3.8, 4) is 0 Å². The van der Waals surface area contributed by atoms with Crippen LogP contribution in [-0.2, 0) is 13.6 Å². The van der Waals surface area contributed by atoms with Gasteiger partial charge in [-0.2, -0.15) is 5.10 Å². The molecule has 3 heterocycles. The van der Waals surface area contributed by atoms with Crippen molar-refractivity contribution in [2.24, 2.45) is 7.05 Å². The van der Waals surface area contributed by atoms with Crippen LogP contribution in [0.25, 0.3) is 0 Å². The summed E-state index contributed by atoms with van der Waals surface area (Å²) in [5.41, 5.74) is 0.860. The van der Waals surface area contributed by atoms with Crippen LogP contribution in [-0.4, -0.2) is 67.4 Å². The second-order valence-corrected chi connectivity index (χ2v) is 6.76. The fourth-order valence-electron chi connectivity index (χ4n) is 3.32. The maximum atomic E-state index is 12.5. The Balaban J connectivity index is 1.61. The van der Waals surface area contributed by atoms with Crippen molar-refractivity contribution in [2.45, 2.75) is 25.5 Å². The molecule has 1 fully saturated rings. The molecule has 2 aromatic rings. The van der Waals surface area contributed by atoms with Gasteiger partial charge in [0.25, 0.3) is 5.91 Å². The standard InChI is InChI=1S/C18H25N5O2/c1-3-22(11-15-4-7-19-8-5-15)13-18(25)6-9-23(14-18)17(24)16-10-20-21(2)12-16/h4-5,7-8,10,12,25H,3,6,9,11,13-14H2,1-2H3/t18-/m1/s1. The van der Waals surface area contributed by atoms with Gasteiger partial charge in [0.15, 0.2) is 0 Å². The van der Waals surface area contributed by atoms with Gasteiger partial charge in [0.1, 0.15) is 0 Å². The lowest BCUT2D eigenvalue weighted by atomic mass is 10.0. The number of aliphatic hydroxyl groups is 1. The number of pyridine rings is 1. The van der Waals surface area contributed by atoms with Gasteiger partial charge >= 0.3 is 0 Å². The zero-order chi connectivity index (χ0) is 17.9. The summed E-state index contributed by atoms with van der Waals surface area (Å²) in [6, 6.07) is 3.97. The maximum absolute atomic E-state index is 12.5. The third kappa shape index (κ3) is 4.24. The van der Waals surface area contributed by atoms with Crippen LogP contribution in [0, 0.1) is 0 Å². The second-order valence-electron chi connectivity index (χ2n) is 6.76. The number of aryl methyl sites for hydroxylation is 1. The molecule has 0 saturated carbocycles. The summed E-state index contributed by atoms with van der Waals surface area (Å²) in [5.74, 6) is -0.0683. The Morgan fingerprint density at radius 1 is 1.40 bits per heavy atom. The van der Waals surface area contributed by atoms with Gasteiger partial charge in [-0.15, -0.1) is 0 Å². The number of carbonyl (C=O) groups is 1. The van der Waals surface area contributed by atoms with Crippen molar-refractivity contribution in [1.82, 2.24) is 24.6 Å². The molecule has 134 valence electrons. The summed E-state index contributed by atoms with van der Waals surface area (Å²) in [6.45, 7) is 5.14. The van der Waals surface area contributed by atoms with Crippen LogP contribution in [0.5, 0.6) is 0 Å². The van der Waals surface area contributed by atoms with E-state index in [9.17, 15) is 9.90 Å². The van der Waals surface area contributed by atoms with Gasteiger partial charge in [-0.1, -0.05) is 6.92 Å². The van der Waals surface area contributed by atoms with Crippen molar-refractivity contribution in [2.75, 3.05) is 26.2 Å². The first kappa shape index (κ1) is 17.6. The molecule has 25 heavy (non-hydrogen) atoms. The normalized spacial score (nSPS) is 20.4. The van der Waals surface area contributed by atoms with Gasteiger partial charge in [0.05, 0.1) is 23.9 Å². The molecule has 0 unspecified atom stereocenters. The van der Waals surface area contributed by atoms with Gasteiger partial charge in [-0.25, -0.2) is 0 Å². The first-order valence-electron chi connectivity index (χ1n) is 8.61. The van der Waals surface area contributed by atoms with Gasteiger partial charge < -0.3 is 10.0 Å². The summed E-state index contributed by atoms with van der Waals surface area (Å²) in [4.78, 5) is 20.5. The Kier molecular flexibility index (Phi) is 5.15. The van der Waals surface area contributed by atoms with Crippen LogP contribution in [0.15, 0.2) is 36.9 Å². The predicted octanol–water partition coefficient (Wildman–Crippen LogP) is 0.914. The monoisotopic (exact) mass is 343 g/mol. The lowest BCUT2D eigenvalue weighted by Gasteiger charge is -2.30. The number of aromatic nitrogens is 3. The summed E-state index contributed by atoms with van der Waals surface area (Å²) in [5, 5.41) is 15.0. The number of carbonyl (C=O) groups excluding carboxylic acids is 1. The predicted molar refractivity (Wildman–Crippen MR) is 93.9 cm³/mol. The van der Waals surface area contributed by atoms with E-state index in [4.69, 9.17) is 0 Å². The Morgan fingerprint density at radius 3 is 2.80 bits per heavy atom. The third-order valence-electron chi connectivity index (χ3n) is 4.69. The minimum atomic E-state index is -0.874. The molecule has 1 aliphatic rings. The molecule has 1 amide bonds. The summed E-state index contributed by atoms with van der Waals surface area (Å²) >= 11 is 0. The van der Waals surface area contributed by atoms with Crippen molar-refractivity contribution in [3.63, 3.8) is 0 Å². The first-order chi connectivity index (χ1) is 12.0. The molecule has 7 nitrogen and oxygen atoms in total. The number of nitrogens with zero attached hydrogens (tertiary/aromatic N) is 5. The zero-order valence-electron chi connectivity index (χ0n) is 14.8. The lowest BCUT2D eigenvalue weighted by molar-refractivity contribution is 0.0108. The molecule has 0 aliphatic carbocycles. The van der Waals surface area contributed by atoms with Crippen molar-refractivity contribution in [1.29, 1.82) is 0 Å². The first-order valence-corrected chi connectivity index (χ1v) is 8.61. The summed E-state index contributed by atoms with van der Waals surface area (Å²) in [7, 11) is 1.79. The Labute approximate surface area is 147 Å². The van der Waals surface area contributed by atoms with Crippen molar-refractivity contribution in [3.05, 3.63) is 48.0 Å². The average Bonchev–Trinajstić information content (AvgIpc) is 3.21. The topological polar surface area (TPSA) is 74.5 Å². The SMILES string of the molecule is CCN(Cc1ccncc1)C[C@]1(O)CCN(C(=O)c2cnn(C)c2)C1. The highest BCUT2D eigenvalue weighted by Gasteiger charge is 2.39. The van der Waals surface area contributed by atoms with Crippen LogP contribution in [0.1, 0.15) is 29.3 Å². The smallest absolute Gasteiger partial charge is 0.257 e. The Bertz CT molecular complexity index is 717. The molecule has 0 bridgehead atoms. The van der Waals surface area contributed by atoms with Crippen molar-refractivity contribution < 1.29 is 9.90 Å². The lowest BCUT2D eigenvalue weighted by Crippen LogP contribution is -2.45. The van der Waals surface area contributed by atoms with E-state index in [1.165, 1.54) is 5.56 Å². The second kappa shape index (κ2) is 7.33. The van der Waals surface area contributed by atoms with E-state index < -0.39 is 5.60 Å². The zero-order valence-corrected chi connectivity index (χ0v) is 14.8. The molecule has 7 heteroatoms. The van der Waals surface area contributed by atoms with E-state index in [1.807, 2.05) is 12.1 Å². The fourth-order valence-corrected chi connectivity index (χ4v) is 3.32. The fraction of sp³-hybridized carbons (Fsp3) is 0.500. The van der Waals surface area contributed by atoms with Gasteiger partial charge in [-0.05, 0) is 30.7 Å². The minimum Gasteiger partial charge on any atom is -0.387 e. The highest BCUT2D eigenvalue weighted by atomic mass is 16.3. The van der Waals surface area contributed by atoms with Gasteiger partial charge in [-0.3, -0.25) is 19.4 Å². The van der Waals surface area contributed by atoms with Gasteiger partial charge in [0.2, 0.25) is 0 Å². The quantitative estimate of drug-likeness (QED) is 0.844. The molecule has 0 radical (unpaired) electrons. The molecular weight excluding hydrogens is 318 g/mol. The number of hydrogen-bond donors (Lipinski definition) is 1. The summed E-state index contributed by atoms with van der Waals surface area (Å²) < 4.78 is 1.61. The number of hydrogen-bond acceptors (Lipinski definition) is 5. The van der Waals surface area contributed by atoms with Crippen LogP contribution < -0.4 is 0 Å². The number of β-amino-alcohol motifs (C(OH)–C–C–N with tert-alkyl or cyclic N) is 1. The highest BCUT2D eigenvalue weighted by Crippen LogP contribution is 2.24.